The molecule has 20 heavy (non-hydrogen) atoms. The second-order valence-corrected chi connectivity index (χ2v) is 5.04. The number of carbonyl (C=O) groups excluding carboxylic acids is 1. The Balaban J connectivity index is 1.60. The predicted molar refractivity (Wildman–Crippen MR) is 74.4 cm³/mol. The molecule has 2 N–H and O–H groups in total. The van der Waals surface area contributed by atoms with Crippen LogP contribution in [0.3, 0.4) is 0 Å². The van der Waals surface area contributed by atoms with E-state index in [-0.39, 0.29) is 25.0 Å². The third-order valence-electron chi connectivity index (χ3n) is 3.20. The monoisotopic (exact) mass is 279 g/mol. The summed E-state index contributed by atoms with van der Waals surface area (Å²) in [5, 5.41) is 12.4. The number of methoxy groups -OCH3 is 1. The molecule has 0 unspecified atom stereocenters. The van der Waals surface area contributed by atoms with Crippen LogP contribution < -0.4 is 10.1 Å². The number of nitrogens with one attached hydrogen (secondary N) is 1. The van der Waals surface area contributed by atoms with E-state index in [9.17, 15) is 9.90 Å². The Labute approximate surface area is 118 Å². The van der Waals surface area contributed by atoms with Crippen LogP contribution in [0.15, 0.2) is 24.3 Å². The number of aliphatic hydroxyl groups excluding tert-OH is 1. The van der Waals surface area contributed by atoms with Gasteiger partial charge in [-0.1, -0.05) is 12.1 Å². The molecular weight excluding hydrogens is 258 g/mol. The van der Waals surface area contributed by atoms with Crippen molar-refractivity contribution in [2.45, 2.75) is 25.6 Å². The van der Waals surface area contributed by atoms with Crippen molar-refractivity contribution in [2.24, 2.45) is 5.92 Å². The Hall–Kier alpha value is -1.59. The SMILES string of the molecule is COc1ccc(COC[C@H](O)CNC(=O)C2CC2)cc1. The topological polar surface area (TPSA) is 67.8 Å². The van der Waals surface area contributed by atoms with E-state index in [1.165, 1.54) is 0 Å². The van der Waals surface area contributed by atoms with Crippen molar-refractivity contribution in [2.75, 3.05) is 20.3 Å². The van der Waals surface area contributed by atoms with Crippen LogP contribution in [0.25, 0.3) is 0 Å². The van der Waals surface area contributed by atoms with Crippen LogP contribution in [0, 0.1) is 5.92 Å². The first-order chi connectivity index (χ1) is 9.69. The first-order valence-electron chi connectivity index (χ1n) is 6.85. The summed E-state index contributed by atoms with van der Waals surface area (Å²) < 4.78 is 10.5. The average molecular weight is 279 g/mol. The Morgan fingerprint density at radius 2 is 2.10 bits per heavy atom. The zero-order chi connectivity index (χ0) is 14.4. The second kappa shape index (κ2) is 7.26. The van der Waals surface area contributed by atoms with Gasteiger partial charge in [0, 0.05) is 12.5 Å². The molecule has 1 aliphatic rings. The normalized spacial score (nSPS) is 15.7. The third-order valence-corrected chi connectivity index (χ3v) is 3.20. The number of benzene rings is 1. The van der Waals surface area contributed by atoms with Crippen LogP contribution in [0.1, 0.15) is 18.4 Å². The Morgan fingerprint density at radius 3 is 2.70 bits per heavy atom. The summed E-state index contributed by atoms with van der Waals surface area (Å²) in [5.41, 5.74) is 1.01. The number of ether oxygens (including phenoxy) is 2. The maximum atomic E-state index is 11.4. The fraction of sp³-hybridized carbons (Fsp3) is 0.533. The van der Waals surface area contributed by atoms with Crippen molar-refractivity contribution >= 4 is 5.91 Å². The molecule has 1 aliphatic carbocycles. The van der Waals surface area contributed by atoms with Crippen molar-refractivity contribution < 1.29 is 19.4 Å². The second-order valence-electron chi connectivity index (χ2n) is 5.04. The van der Waals surface area contributed by atoms with Gasteiger partial charge in [-0.05, 0) is 30.5 Å². The summed E-state index contributed by atoms with van der Waals surface area (Å²) in [6, 6.07) is 7.57. The van der Waals surface area contributed by atoms with Gasteiger partial charge in [0.05, 0.1) is 26.4 Å². The maximum absolute atomic E-state index is 11.4. The zero-order valence-corrected chi connectivity index (χ0v) is 11.7. The number of rotatable bonds is 8. The minimum Gasteiger partial charge on any atom is -0.497 e. The molecule has 0 heterocycles. The van der Waals surface area contributed by atoms with Gasteiger partial charge < -0.3 is 19.9 Å². The van der Waals surface area contributed by atoms with Crippen LogP contribution >= 0.6 is 0 Å². The largest absolute Gasteiger partial charge is 0.497 e. The number of hydrogen-bond acceptors (Lipinski definition) is 4. The van der Waals surface area contributed by atoms with Crippen molar-refractivity contribution in [3.05, 3.63) is 29.8 Å². The fourth-order valence-electron chi connectivity index (χ4n) is 1.80. The highest BCUT2D eigenvalue weighted by atomic mass is 16.5. The molecule has 5 nitrogen and oxygen atoms in total. The summed E-state index contributed by atoms with van der Waals surface area (Å²) in [7, 11) is 1.62. The summed E-state index contributed by atoms with van der Waals surface area (Å²) in [4.78, 5) is 11.4. The molecule has 1 aromatic rings. The van der Waals surface area contributed by atoms with Crippen molar-refractivity contribution in [3.8, 4) is 5.75 Å². The summed E-state index contributed by atoms with van der Waals surface area (Å²) >= 11 is 0. The van der Waals surface area contributed by atoms with Crippen LogP contribution in [-0.2, 0) is 16.1 Å². The molecule has 0 saturated heterocycles. The number of aliphatic hydroxyl groups is 1. The molecule has 110 valence electrons. The molecule has 1 fully saturated rings. The Bertz CT molecular complexity index is 428. The van der Waals surface area contributed by atoms with E-state index in [0.717, 1.165) is 24.2 Å². The van der Waals surface area contributed by atoms with Crippen LogP contribution in [0.5, 0.6) is 5.75 Å². The van der Waals surface area contributed by atoms with Crippen LogP contribution in [-0.4, -0.2) is 37.4 Å². The predicted octanol–water partition coefficient (Wildman–Crippen LogP) is 1.10. The molecule has 1 atom stereocenters. The summed E-state index contributed by atoms with van der Waals surface area (Å²) in [6.45, 7) is 0.881. The lowest BCUT2D eigenvalue weighted by Gasteiger charge is -2.12. The van der Waals surface area contributed by atoms with Crippen molar-refractivity contribution in [3.63, 3.8) is 0 Å². The molecule has 1 saturated carbocycles. The van der Waals surface area contributed by atoms with Gasteiger partial charge in [0.15, 0.2) is 0 Å². The van der Waals surface area contributed by atoms with Gasteiger partial charge in [0.2, 0.25) is 5.91 Å². The summed E-state index contributed by atoms with van der Waals surface area (Å²) in [6.07, 6.45) is 1.27. The summed E-state index contributed by atoms with van der Waals surface area (Å²) in [5.74, 6) is 1.01. The number of amides is 1. The minimum absolute atomic E-state index is 0.0409. The first kappa shape index (κ1) is 14.8. The van der Waals surface area contributed by atoms with E-state index < -0.39 is 6.10 Å². The average Bonchev–Trinajstić information content (AvgIpc) is 3.30. The fourth-order valence-corrected chi connectivity index (χ4v) is 1.80. The maximum Gasteiger partial charge on any atom is 0.223 e. The van der Waals surface area contributed by atoms with Gasteiger partial charge in [-0.3, -0.25) is 4.79 Å². The van der Waals surface area contributed by atoms with Crippen molar-refractivity contribution in [1.29, 1.82) is 0 Å². The Kier molecular flexibility index (Phi) is 5.38. The standard InChI is InChI=1S/C15H21NO4/c1-19-14-6-2-11(3-7-14)9-20-10-13(17)8-16-15(18)12-4-5-12/h2-3,6-7,12-13,17H,4-5,8-10H2,1H3,(H,16,18)/t13-/m1/s1. The van der Waals surface area contributed by atoms with Gasteiger partial charge in [-0.25, -0.2) is 0 Å². The van der Waals surface area contributed by atoms with Gasteiger partial charge in [0.1, 0.15) is 5.75 Å². The molecule has 0 aromatic heterocycles. The minimum atomic E-state index is -0.670. The molecule has 0 aliphatic heterocycles. The molecule has 1 amide bonds. The highest BCUT2D eigenvalue weighted by Gasteiger charge is 2.29. The van der Waals surface area contributed by atoms with Crippen LogP contribution in [0.4, 0.5) is 0 Å². The highest BCUT2D eigenvalue weighted by Crippen LogP contribution is 2.28. The number of carbonyl (C=O) groups is 1. The number of hydrogen-bond donors (Lipinski definition) is 2. The molecule has 5 heteroatoms. The first-order valence-corrected chi connectivity index (χ1v) is 6.85. The lowest BCUT2D eigenvalue weighted by atomic mass is 10.2. The van der Waals surface area contributed by atoms with E-state index >= 15 is 0 Å². The zero-order valence-electron chi connectivity index (χ0n) is 11.7. The molecule has 2 rings (SSSR count). The third kappa shape index (κ3) is 4.83. The van der Waals surface area contributed by atoms with E-state index in [2.05, 4.69) is 5.32 Å². The van der Waals surface area contributed by atoms with E-state index in [0.29, 0.717) is 6.61 Å². The van der Waals surface area contributed by atoms with E-state index in [1.54, 1.807) is 7.11 Å². The van der Waals surface area contributed by atoms with E-state index in [4.69, 9.17) is 9.47 Å². The highest BCUT2D eigenvalue weighted by molar-refractivity contribution is 5.80. The van der Waals surface area contributed by atoms with E-state index in [1.807, 2.05) is 24.3 Å². The smallest absolute Gasteiger partial charge is 0.223 e. The quantitative estimate of drug-likeness (QED) is 0.748. The van der Waals surface area contributed by atoms with Gasteiger partial charge in [-0.15, -0.1) is 0 Å². The molecule has 0 spiro atoms. The lowest BCUT2D eigenvalue weighted by molar-refractivity contribution is -0.123. The molecular formula is C15H21NO4. The molecule has 0 bridgehead atoms. The lowest BCUT2D eigenvalue weighted by Crippen LogP contribution is -2.35. The van der Waals surface area contributed by atoms with Crippen molar-refractivity contribution in [1.82, 2.24) is 5.32 Å². The van der Waals surface area contributed by atoms with Gasteiger partial charge in [0.25, 0.3) is 0 Å². The van der Waals surface area contributed by atoms with Gasteiger partial charge >= 0.3 is 0 Å². The Morgan fingerprint density at radius 1 is 1.40 bits per heavy atom. The molecule has 1 aromatic carbocycles. The molecule has 0 radical (unpaired) electrons. The van der Waals surface area contributed by atoms with Crippen LogP contribution in [0.2, 0.25) is 0 Å². The van der Waals surface area contributed by atoms with Gasteiger partial charge in [-0.2, -0.15) is 0 Å².